The third-order valence-corrected chi connectivity index (χ3v) is 4.37. The molecule has 0 fully saturated rings. The maximum absolute atomic E-state index is 12.1. The lowest BCUT2D eigenvalue weighted by Gasteiger charge is -2.20. The fourth-order valence-corrected chi connectivity index (χ4v) is 2.74. The van der Waals surface area contributed by atoms with Crippen LogP contribution in [0.4, 0.5) is 11.4 Å². The molecule has 2 N–H and O–H groups in total. The molecule has 1 heterocycles. The van der Waals surface area contributed by atoms with E-state index in [-0.39, 0.29) is 11.8 Å². The van der Waals surface area contributed by atoms with Crippen LogP contribution < -0.4 is 15.5 Å². The number of carbonyl (C=O) groups excluding carboxylic acids is 4. The Labute approximate surface area is 164 Å². The van der Waals surface area contributed by atoms with Gasteiger partial charge in [0.05, 0.1) is 0 Å². The molecule has 1 atom stereocenters. The van der Waals surface area contributed by atoms with E-state index >= 15 is 0 Å². The molecule has 0 radical (unpaired) electrons. The molecule has 0 saturated carbocycles. The summed E-state index contributed by atoms with van der Waals surface area (Å²) in [6, 6.07) is 4.45. The first-order chi connectivity index (χ1) is 13.0. The van der Waals surface area contributed by atoms with E-state index in [4.69, 9.17) is 4.74 Å². The van der Waals surface area contributed by atoms with Crippen molar-refractivity contribution < 1.29 is 23.9 Å². The highest BCUT2D eigenvalue weighted by atomic mass is 16.5. The van der Waals surface area contributed by atoms with Crippen LogP contribution in [-0.2, 0) is 30.3 Å². The molecule has 1 unspecified atom stereocenters. The second-order valence-electron chi connectivity index (χ2n) is 7.87. The summed E-state index contributed by atoms with van der Waals surface area (Å²) in [6.07, 6.45) is 0.721. The molecule has 1 aliphatic heterocycles. The zero-order chi connectivity index (χ0) is 21.1. The van der Waals surface area contributed by atoms with Crippen LogP contribution >= 0.6 is 0 Å². The largest absolute Gasteiger partial charge is 0.454 e. The van der Waals surface area contributed by atoms with Crippen LogP contribution in [0.2, 0.25) is 0 Å². The van der Waals surface area contributed by atoms with Gasteiger partial charge < -0.3 is 20.3 Å². The SMILES string of the molecule is CC(=O)N1CCc2cc(NC(=O)COC(=O)C(C)NC(=O)C(C)(C)C)ccc21. The molecular weight excluding hydrogens is 362 g/mol. The lowest BCUT2D eigenvalue weighted by atomic mass is 9.95. The number of carbonyl (C=O) groups is 4. The number of hydrogen-bond acceptors (Lipinski definition) is 5. The van der Waals surface area contributed by atoms with Gasteiger partial charge >= 0.3 is 5.97 Å². The fourth-order valence-electron chi connectivity index (χ4n) is 2.74. The van der Waals surface area contributed by atoms with Crippen molar-refractivity contribution in [1.82, 2.24) is 5.32 Å². The van der Waals surface area contributed by atoms with Crippen LogP contribution in [0, 0.1) is 5.41 Å². The highest BCUT2D eigenvalue weighted by Crippen LogP contribution is 2.30. The molecule has 0 bridgehead atoms. The first-order valence-corrected chi connectivity index (χ1v) is 9.17. The highest BCUT2D eigenvalue weighted by molar-refractivity contribution is 5.96. The molecule has 0 aliphatic carbocycles. The van der Waals surface area contributed by atoms with Crippen molar-refractivity contribution in [3.63, 3.8) is 0 Å². The molecule has 28 heavy (non-hydrogen) atoms. The first kappa shape index (κ1) is 21.4. The smallest absolute Gasteiger partial charge is 0.328 e. The number of ether oxygens (including phenoxy) is 1. The molecule has 152 valence electrons. The first-order valence-electron chi connectivity index (χ1n) is 9.17. The number of nitrogens with zero attached hydrogens (tertiary/aromatic N) is 1. The zero-order valence-electron chi connectivity index (χ0n) is 16.9. The second-order valence-corrected chi connectivity index (χ2v) is 7.87. The lowest BCUT2D eigenvalue weighted by molar-refractivity contribution is -0.150. The van der Waals surface area contributed by atoms with Crippen LogP contribution in [0.15, 0.2) is 18.2 Å². The van der Waals surface area contributed by atoms with Crippen molar-refractivity contribution in [2.45, 2.75) is 47.1 Å². The summed E-state index contributed by atoms with van der Waals surface area (Å²) in [5.41, 5.74) is 1.76. The topological polar surface area (TPSA) is 105 Å². The van der Waals surface area contributed by atoms with E-state index < -0.39 is 29.9 Å². The van der Waals surface area contributed by atoms with E-state index in [1.54, 1.807) is 37.8 Å². The van der Waals surface area contributed by atoms with Crippen molar-refractivity contribution in [2.24, 2.45) is 5.41 Å². The minimum absolute atomic E-state index is 0.0184. The van der Waals surface area contributed by atoms with E-state index in [2.05, 4.69) is 10.6 Å². The Morgan fingerprint density at radius 3 is 2.50 bits per heavy atom. The van der Waals surface area contributed by atoms with Crippen LogP contribution in [0.25, 0.3) is 0 Å². The van der Waals surface area contributed by atoms with Gasteiger partial charge in [0.2, 0.25) is 11.8 Å². The number of rotatable bonds is 5. The fraction of sp³-hybridized carbons (Fsp3) is 0.500. The van der Waals surface area contributed by atoms with Crippen LogP contribution in [0.1, 0.15) is 40.2 Å². The summed E-state index contributed by atoms with van der Waals surface area (Å²) in [5.74, 6) is -1.46. The van der Waals surface area contributed by atoms with Gasteiger partial charge in [-0.05, 0) is 37.1 Å². The lowest BCUT2D eigenvalue weighted by Crippen LogP contribution is -2.45. The number of hydrogen-bond donors (Lipinski definition) is 2. The van der Waals surface area contributed by atoms with Gasteiger partial charge in [0.15, 0.2) is 6.61 Å². The van der Waals surface area contributed by atoms with Crippen LogP contribution in [-0.4, -0.2) is 42.9 Å². The highest BCUT2D eigenvalue weighted by Gasteiger charge is 2.26. The van der Waals surface area contributed by atoms with E-state index in [0.717, 1.165) is 17.7 Å². The summed E-state index contributed by atoms with van der Waals surface area (Å²) in [5, 5.41) is 5.23. The van der Waals surface area contributed by atoms with Crippen LogP contribution in [0.5, 0.6) is 0 Å². The van der Waals surface area contributed by atoms with Gasteiger partial charge in [0.1, 0.15) is 6.04 Å². The molecule has 8 heteroatoms. The summed E-state index contributed by atoms with van der Waals surface area (Å²) >= 11 is 0. The number of anilines is 2. The van der Waals surface area contributed by atoms with E-state index in [1.165, 1.54) is 13.8 Å². The summed E-state index contributed by atoms with van der Waals surface area (Å²) in [6.45, 7) is 8.40. The van der Waals surface area contributed by atoms with Crippen molar-refractivity contribution in [1.29, 1.82) is 0 Å². The van der Waals surface area contributed by atoms with E-state index in [0.29, 0.717) is 12.2 Å². The normalized spacial score (nSPS) is 14.1. The Kier molecular flexibility index (Phi) is 6.43. The molecule has 8 nitrogen and oxygen atoms in total. The predicted octanol–water partition coefficient (Wildman–Crippen LogP) is 1.63. The van der Waals surface area contributed by atoms with Gasteiger partial charge in [0, 0.05) is 30.3 Å². The molecule has 3 amide bonds. The number of nitrogens with one attached hydrogen (secondary N) is 2. The predicted molar refractivity (Wildman–Crippen MR) is 105 cm³/mol. The number of fused-ring (bicyclic) bond motifs is 1. The van der Waals surface area contributed by atoms with Gasteiger partial charge in [-0.2, -0.15) is 0 Å². The Hall–Kier alpha value is -2.90. The summed E-state index contributed by atoms with van der Waals surface area (Å²) < 4.78 is 4.97. The molecule has 1 aromatic rings. The zero-order valence-corrected chi connectivity index (χ0v) is 16.9. The molecule has 0 saturated heterocycles. The van der Waals surface area contributed by atoms with Crippen LogP contribution in [0.3, 0.4) is 0 Å². The number of benzene rings is 1. The molecular formula is C20H27N3O5. The van der Waals surface area contributed by atoms with Gasteiger partial charge in [0.25, 0.3) is 5.91 Å². The quantitative estimate of drug-likeness (QED) is 0.745. The average Bonchev–Trinajstić information content (AvgIpc) is 3.02. The monoisotopic (exact) mass is 389 g/mol. The minimum atomic E-state index is -0.850. The third-order valence-electron chi connectivity index (χ3n) is 4.37. The molecule has 0 spiro atoms. The Morgan fingerprint density at radius 1 is 1.21 bits per heavy atom. The maximum atomic E-state index is 12.1. The van der Waals surface area contributed by atoms with E-state index in [1.807, 2.05) is 6.07 Å². The molecule has 1 aromatic carbocycles. The number of amides is 3. The van der Waals surface area contributed by atoms with Crippen molar-refractivity contribution in [3.05, 3.63) is 23.8 Å². The van der Waals surface area contributed by atoms with Gasteiger partial charge in [-0.25, -0.2) is 4.79 Å². The van der Waals surface area contributed by atoms with Crippen molar-refractivity contribution in [3.8, 4) is 0 Å². The summed E-state index contributed by atoms with van der Waals surface area (Å²) in [4.78, 5) is 49.2. The minimum Gasteiger partial charge on any atom is -0.454 e. The molecule has 0 aromatic heterocycles. The van der Waals surface area contributed by atoms with Gasteiger partial charge in [-0.1, -0.05) is 20.8 Å². The molecule has 2 rings (SSSR count). The Balaban J connectivity index is 1.85. The van der Waals surface area contributed by atoms with E-state index in [9.17, 15) is 19.2 Å². The van der Waals surface area contributed by atoms with Crippen molar-refractivity contribution >= 4 is 35.1 Å². The average molecular weight is 389 g/mol. The molecule has 1 aliphatic rings. The third kappa shape index (κ3) is 5.31. The second kappa shape index (κ2) is 8.41. The Bertz CT molecular complexity index is 798. The number of esters is 1. The van der Waals surface area contributed by atoms with Crippen molar-refractivity contribution in [2.75, 3.05) is 23.4 Å². The van der Waals surface area contributed by atoms with Gasteiger partial charge in [-0.15, -0.1) is 0 Å². The standard InChI is InChI=1S/C20H27N3O5/c1-12(21-19(27)20(3,4)5)18(26)28-11-17(25)22-15-6-7-16-14(10-15)8-9-23(16)13(2)24/h6-7,10,12H,8-9,11H2,1-5H3,(H,21,27)(H,22,25). The summed E-state index contributed by atoms with van der Waals surface area (Å²) in [7, 11) is 0. The Morgan fingerprint density at radius 2 is 1.89 bits per heavy atom. The van der Waals surface area contributed by atoms with Gasteiger partial charge in [-0.3, -0.25) is 14.4 Å². The maximum Gasteiger partial charge on any atom is 0.328 e.